The number of anilines is 1. The molecule has 2 aromatic rings. The lowest BCUT2D eigenvalue weighted by Gasteiger charge is -2.10. The fraction of sp³-hybridized carbons (Fsp3) is 0.143. The van der Waals surface area contributed by atoms with Crippen LogP contribution in [-0.2, 0) is 6.42 Å². The summed E-state index contributed by atoms with van der Waals surface area (Å²) in [6, 6.07) is 5.95. The highest BCUT2D eigenvalue weighted by Gasteiger charge is 2.11. The highest BCUT2D eigenvalue weighted by atomic mass is 32.1. The summed E-state index contributed by atoms with van der Waals surface area (Å²) in [4.78, 5) is 3.87. The van der Waals surface area contributed by atoms with Crippen molar-refractivity contribution in [1.82, 2.24) is 4.98 Å². The smallest absolute Gasteiger partial charge is 0.150 e. The molecule has 20 heavy (non-hydrogen) atoms. The molecular formula is C14H13F2N3S. The van der Waals surface area contributed by atoms with Crippen LogP contribution in [0.5, 0.6) is 0 Å². The van der Waals surface area contributed by atoms with Gasteiger partial charge in [-0.25, -0.2) is 8.78 Å². The Hall–Kier alpha value is -2.08. The summed E-state index contributed by atoms with van der Waals surface area (Å²) in [7, 11) is 0. The van der Waals surface area contributed by atoms with E-state index in [0.717, 1.165) is 17.7 Å². The lowest BCUT2D eigenvalue weighted by atomic mass is 10.1. The Morgan fingerprint density at radius 2 is 1.80 bits per heavy atom. The van der Waals surface area contributed by atoms with Crippen LogP contribution in [-0.4, -0.2) is 16.5 Å². The molecule has 1 aromatic heterocycles. The maximum atomic E-state index is 13.8. The molecule has 0 atom stereocenters. The van der Waals surface area contributed by atoms with Gasteiger partial charge in [0.05, 0.1) is 0 Å². The van der Waals surface area contributed by atoms with Crippen LogP contribution < -0.4 is 11.1 Å². The van der Waals surface area contributed by atoms with E-state index in [1.807, 2.05) is 12.1 Å². The summed E-state index contributed by atoms with van der Waals surface area (Å²) in [6.45, 7) is 0.407. The van der Waals surface area contributed by atoms with Crippen molar-refractivity contribution in [3.05, 3.63) is 59.4 Å². The molecule has 0 bridgehead atoms. The standard InChI is InChI=1S/C14H13F2N3S/c15-11-7-10(14(17)20)8-12(16)13(11)19-6-3-9-1-4-18-5-2-9/h1-2,4-5,7-8,19H,3,6H2,(H2,17,20). The fourth-order valence-electron chi connectivity index (χ4n) is 1.77. The van der Waals surface area contributed by atoms with E-state index in [9.17, 15) is 8.78 Å². The van der Waals surface area contributed by atoms with Crippen molar-refractivity contribution in [3.63, 3.8) is 0 Å². The number of nitrogens with two attached hydrogens (primary N) is 1. The molecule has 1 aromatic carbocycles. The SMILES string of the molecule is NC(=S)c1cc(F)c(NCCc2ccncc2)c(F)c1. The number of pyridine rings is 1. The minimum absolute atomic E-state index is 0.0360. The Kier molecular flexibility index (Phi) is 4.57. The first-order valence-electron chi connectivity index (χ1n) is 5.99. The van der Waals surface area contributed by atoms with Crippen molar-refractivity contribution in [1.29, 1.82) is 0 Å². The van der Waals surface area contributed by atoms with Gasteiger partial charge in [0.2, 0.25) is 0 Å². The van der Waals surface area contributed by atoms with Crippen molar-refractivity contribution < 1.29 is 8.78 Å². The maximum Gasteiger partial charge on any atom is 0.150 e. The monoisotopic (exact) mass is 293 g/mol. The second kappa shape index (κ2) is 6.38. The van der Waals surface area contributed by atoms with Gasteiger partial charge in [0, 0.05) is 24.5 Å². The molecular weight excluding hydrogens is 280 g/mol. The zero-order valence-corrected chi connectivity index (χ0v) is 11.4. The number of nitrogens with one attached hydrogen (secondary N) is 1. The van der Waals surface area contributed by atoms with Crippen molar-refractivity contribution in [2.24, 2.45) is 5.73 Å². The Labute approximate surface area is 120 Å². The molecule has 0 fully saturated rings. The normalized spacial score (nSPS) is 10.3. The van der Waals surface area contributed by atoms with Gasteiger partial charge in [0.1, 0.15) is 22.3 Å². The van der Waals surface area contributed by atoms with Crippen LogP contribution in [0.4, 0.5) is 14.5 Å². The van der Waals surface area contributed by atoms with Gasteiger partial charge in [0.15, 0.2) is 0 Å². The summed E-state index contributed by atoms with van der Waals surface area (Å²) < 4.78 is 27.5. The summed E-state index contributed by atoms with van der Waals surface area (Å²) >= 11 is 4.69. The molecule has 0 saturated heterocycles. The van der Waals surface area contributed by atoms with E-state index in [2.05, 4.69) is 10.3 Å². The van der Waals surface area contributed by atoms with E-state index in [-0.39, 0.29) is 16.2 Å². The van der Waals surface area contributed by atoms with Crippen molar-refractivity contribution in [3.8, 4) is 0 Å². The topological polar surface area (TPSA) is 50.9 Å². The molecule has 0 radical (unpaired) electrons. The van der Waals surface area contributed by atoms with Gasteiger partial charge in [0.25, 0.3) is 0 Å². The van der Waals surface area contributed by atoms with E-state index in [0.29, 0.717) is 13.0 Å². The average molecular weight is 293 g/mol. The van der Waals surface area contributed by atoms with Gasteiger partial charge >= 0.3 is 0 Å². The van der Waals surface area contributed by atoms with E-state index in [1.54, 1.807) is 12.4 Å². The third-order valence-electron chi connectivity index (χ3n) is 2.79. The molecule has 1 heterocycles. The molecule has 0 aliphatic heterocycles. The minimum Gasteiger partial charge on any atom is -0.389 e. The number of aromatic nitrogens is 1. The zero-order valence-electron chi connectivity index (χ0n) is 10.6. The first kappa shape index (κ1) is 14.3. The van der Waals surface area contributed by atoms with Gasteiger partial charge in [-0.3, -0.25) is 4.98 Å². The van der Waals surface area contributed by atoms with E-state index in [1.165, 1.54) is 0 Å². The number of rotatable bonds is 5. The summed E-state index contributed by atoms with van der Waals surface area (Å²) in [6.07, 6.45) is 3.99. The molecule has 0 unspecified atom stereocenters. The Morgan fingerprint density at radius 1 is 1.20 bits per heavy atom. The van der Waals surface area contributed by atoms with Gasteiger partial charge in [-0.15, -0.1) is 0 Å². The number of hydrogen-bond donors (Lipinski definition) is 2. The van der Waals surface area contributed by atoms with E-state index >= 15 is 0 Å². The van der Waals surface area contributed by atoms with Gasteiger partial charge in [-0.2, -0.15) is 0 Å². The lowest BCUT2D eigenvalue weighted by Crippen LogP contribution is -2.13. The summed E-state index contributed by atoms with van der Waals surface area (Å²) in [5.41, 5.74) is 6.39. The average Bonchev–Trinajstić information content (AvgIpc) is 2.42. The molecule has 0 amide bonds. The summed E-state index contributed by atoms with van der Waals surface area (Å²) in [5, 5.41) is 2.74. The van der Waals surface area contributed by atoms with Gasteiger partial charge in [-0.1, -0.05) is 12.2 Å². The Balaban J connectivity index is 2.05. The molecule has 6 heteroatoms. The predicted octanol–water partition coefficient (Wildman–Crippen LogP) is 2.65. The minimum atomic E-state index is -0.706. The third-order valence-corrected chi connectivity index (χ3v) is 3.03. The molecule has 0 spiro atoms. The highest BCUT2D eigenvalue weighted by Crippen LogP contribution is 2.20. The van der Waals surface area contributed by atoms with Crippen LogP contribution in [0.3, 0.4) is 0 Å². The molecule has 104 valence electrons. The Morgan fingerprint density at radius 3 is 2.35 bits per heavy atom. The third kappa shape index (κ3) is 3.48. The number of thiocarbonyl (C=S) groups is 1. The van der Waals surface area contributed by atoms with Crippen LogP contribution >= 0.6 is 12.2 Å². The fourth-order valence-corrected chi connectivity index (χ4v) is 1.88. The number of hydrogen-bond acceptors (Lipinski definition) is 3. The first-order valence-corrected chi connectivity index (χ1v) is 6.40. The molecule has 0 aliphatic carbocycles. The molecule has 3 nitrogen and oxygen atoms in total. The van der Waals surface area contributed by atoms with E-state index in [4.69, 9.17) is 18.0 Å². The van der Waals surface area contributed by atoms with Crippen molar-refractivity contribution >= 4 is 22.9 Å². The quantitative estimate of drug-likeness (QED) is 0.832. The molecule has 2 rings (SSSR count). The zero-order chi connectivity index (χ0) is 14.5. The first-order chi connectivity index (χ1) is 9.58. The van der Waals surface area contributed by atoms with Crippen molar-refractivity contribution in [2.75, 3.05) is 11.9 Å². The molecule has 3 N–H and O–H groups in total. The van der Waals surface area contributed by atoms with Gasteiger partial charge in [-0.05, 0) is 36.2 Å². The number of benzene rings is 1. The van der Waals surface area contributed by atoms with Crippen molar-refractivity contribution in [2.45, 2.75) is 6.42 Å². The molecule has 0 aliphatic rings. The largest absolute Gasteiger partial charge is 0.389 e. The predicted molar refractivity (Wildman–Crippen MR) is 78.7 cm³/mol. The number of halogens is 2. The maximum absolute atomic E-state index is 13.8. The van der Waals surface area contributed by atoms with Crippen LogP contribution in [0, 0.1) is 11.6 Å². The lowest BCUT2D eigenvalue weighted by molar-refractivity contribution is 0.587. The van der Waals surface area contributed by atoms with Crippen LogP contribution in [0.1, 0.15) is 11.1 Å². The van der Waals surface area contributed by atoms with Crippen LogP contribution in [0.2, 0.25) is 0 Å². The molecule has 0 saturated carbocycles. The van der Waals surface area contributed by atoms with Gasteiger partial charge < -0.3 is 11.1 Å². The van der Waals surface area contributed by atoms with E-state index < -0.39 is 11.6 Å². The van der Waals surface area contributed by atoms with Crippen LogP contribution in [0.15, 0.2) is 36.7 Å². The second-order valence-corrected chi connectivity index (χ2v) is 4.65. The highest BCUT2D eigenvalue weighted by molar-refractivity contribution is 7.80. The summed E-state index contributed by atoms with van der Waals surface area (Å²) in [5.74, 6) is -1.41. The Bertz CT molecular complexity index is 594. The number of nitrogens with zero attached hydrogens (tertiary/aromatic N) is 1. The second-order valence-electron chi connectivity index (χ2n) is 4.21. The van der Waals surface area contributed by atoms with Crippen LogP contribution in [0.25, 0.3) is 0 Å².